The van der Waals surface area contributed by atoms with E-state index in [0.717, 1.165) is 22.3 Å². The van der Waals surface area contributed by atoms with Crippen LogP contribution >= 0.6 is 0 Å². The van der Waals surface area contributed by atoms with Crippen LogP contribution in [0, 0.1) is 11.3 Å². The predicted molar refractivity (Wildman–Crippen MR) is 117 cm³/mol. The van der Waals surface area contributed by atoms with Crippen molar-refractivity contribution < 1.29 is 0 Å². The first kappa shape index (κ1) is 18.2. The molecule has 0 amide bonds. The average Bonchev–Trinajstić information content (AvgIpc) is 2.79. The van der Waals surface area contributed by atoms with Crippen molar-refractivity contribution >= 4 is 11.6 Å². The average molecular weight is 374 g/mol. The third-order valence-electron chi connectivity index (χ3n) is 4.73. The number of rotatable bonds is 4. The number of hydrogen-bond donors (Lipinski definition) is 1. The van der Waals surface area contributed by atoms with Gasteiger partial charge >= 0.3 is 0 Å². The van der Waals surface area contributed by atoms with Gasteiger partial charge in [0.05, 0.1) is 0 Å². The van der Waals surface area contributed by atoms with Crippen LogP contribution < -0.4 is 5.56 Å². The van der Waals surface area contributed by atoms with Gasteiger partial charge in [0.2, 0.25) is 0 Å². The molecule has 0 fully saturated rings. The molecule has 0 radical (unpaired) electrons. The maximum atomic E-state index is 12.6. The van der Waals surface area contributed by atoms with Crippen molar-refractivity contribution in [3.8, 4) is 17.3 Å². The fourth-order valence-corrected chi connectivity index (χ4v) is 3.31. The van der Waals surface area contributed by atoms with Gasteiger partial charge in [0, 0.05) is 11.3 Å². The highest BCUT2D eigenvalue weighted by molar-refractivity contribution is 5.92. The van der Waals surface area contributed by atoms with Gasteiger partial charge in [0.25, 0.3) is 5.56 Å². The Morgan fingerprint density at radius 3 is 1.83 bits per heavy atom. The summed E-state index contributed by atoms with van der Waals surface area (Å²) in [5, 5.41) is 9.62. The van der Waals surface area contributed by atoms with Gasteiger partial charge in [-0.25, -0.2) is 0 Å². The van der Waals surface area contributed by atoms with E-state index in [1.54, 1.807) is 0 Å². The van der Waals surface area contributed by atoms with E-state index in [4.69, 9.17) is 0 Å². The Labute approximate surface area is 169 Å². The second-order valence-corrected chi connectivity index (χ2v) is 6.61. The lowest BCUT2D eigenvalue weighted by Crippen LogP contribution is -2.13. The number of H-pyrrole nitrogens is 1. The molecule has 0 saturated heterocycles. The summed E-state index contributed by atoms with van der Waals surface area (Å²) in [5.41, 5.74) is 4.87. The van der Waals surface area contributed by atoms with Crippen LogP contribution in [-0.2, 0) is 0 Å². The number of pyridine rings is 1. The van der Waals surface area contributed by atoms with Crippen molar-refractivity contribution in [2.24, 2.45) is 0 Å². The van der Waals surface area contributed by atoms with Crippen LogP contribution in [0.2, 0.25) is 0 Å². The summed E-state index contributed by atoms with van der Waals surface area (Å²) in [7, 11) is 0. The van der Waals surface area contributed by atoms with Gasteiger partial charge in [0.15, 0.2) is 0 Å². The van der Waals surface area contributed by atoms with Crippen LogP contribution in [0.4, 0.5) is 0 Å². The molecule has 138 valence electrons. The number of nitriles is 1. The lowest BCUT2D eigenvalue weighted by molar-refractivity contribution is 1.21. The number of hydrogen-bond acceptors (Lipinski definition) is 2. The van der Waals surface area contributed by atoms with E-state index in [1.807, 2.05) is 103 Å². The zero-order valence-corrected chi connectivity index (χ0v) is 15.7. The van der Waals surface area contributed by atoms with Crippen LogP contribution in [0.25, 0.3) is 22.9 Å². The van der Waals surface area contributed by atoms with Gasteiger partial charge in [-0.2, -0.15) is 5.26 Å². The van der Waals surface area contributed by atoms with Gasteiger partial charge in [-0.15, -0.1) is 0 Å². The van der Waals surface area contributed by atoms with Gasteiger partial charge in [-0.1, -0.05) is 91.0 Å². The molecule has 0 aliphatic heterocycles. The van der Waals surface area contributed by atoms with Crippen molar-refractivity contribution in [3.63, 3.8) is 0 Å². The van der Waals surface area contributed by atoms with E-state index in [9.17, 15) is 10.1 Å². The molecular weight excluding hydrogens is 356 g/mol. The minimum Gasteiger partial charge on any atom is -0.321 e. The van der Waals surface area contributed by atoms with E-state index in [0.29, 0.717) is 11.3 Å². The maximum Gasteiger partial charge on any atom is 0.266 e. The zero-order valence-electron chi connectivity index (χ0n) is 15.7. The number of aromatic nitrogens is 1. The Kier molecular flexibility index (Phi) is 5.18. The molecule has 3 aromatic carbocycles. The highest BCUT2D eigenvalue weighted by Gasteiger charge is 2.12. The monoisotopic (exact) mass is 374 g/mol. The Balaban J connectivity index is 1.96. The molecule has 0 saturated carbocycles. The molecular formula is C26H18N2O. The summed E-state index contributed by atoms with van der Waals surface area (Å²) in [6, 6.07) is 33.5. The first-order valence-corrected chi connectivity index (χ1v) is 9.31. The van der Waals surface area contributed by atoms with Crippen LogP contribution in [0.3, 0.4) is 0 Å². The number of nitrogens with zero attached hydrogens (tertiary/aromatic N) is 1. The van der Waals surface area contributed by atoms with E-state index < -0.39 is 0 Å². The molecule has 0 spiro atoms. The number of benzene rings is 3. The number of aromatic amines is 1. The predicted octanol–water partition coefficient (Wildman–Crippen LogP) is 5.50. The van der Waals surface area contributed by atoms with Crippen molar-refractivity contribution in [2.75, 3.05) is 0 Å². The molecule has 1 heterocycles. The lowest BCUT2D eigenvalue weighted by atomic mass is 9.94. The fraction of sp³-hybridized carbons (Fsp3) is 0. The summed E-state index contributed by atoms with van der Waals surface area (Å²) in [6.45, 7) is 0. The summed E-state index contributed by atoms with van der Waals surface area (Å²) in [5.74, 6) is 0. The normalized spacial score (nSPS) is 10.2. The molecule has 0 atom stereocenters. The van der Waals surface area contributed by atoms with Gasteiger partial charge in [-0.3, -0.25) is 4.79 Å². The molecule has 3 heteroatoms. The van der Waals surface area contributed by atoms with Crippen LogP contribution in [-0.4, -0.2) is 4.98 Å². The summed E-state index contributed by atoms with van der Waals surface area (Å²) < 4.78 is 0. The summed E-state index contributed by atoms with van der Waals surface area (Å²) >= 11 is 0. The third kappa shape index (κ3) is 3.92. The molecule has 0 aliphatic carbocycles. The Morgan fingerprint density at radius 1 is 0.793 bits per heavy atom. The van der Waals surface area contributed by atoms with E-state index in [1.165, 1.54) is 0 Å². The van der Waals surface area contributed by atoms with Gasteiger partial charge in [0.1, 0.15) is 11.6 Å². The lowest BCUT2D eigenvalue weighted by Gasteiger charge is -2.11. The Hall–Kier alpha value is -4.16. The Bertz CT molecular complexity index is 1210. The molecule has 0 aliphatic rings. The molecule has 4 aromatic rings. The largest absolute Gasteiger partial charge is 0.321 e. The quantitative estimate of drug-likeness (QED) is 0.512. The topological polar surface area (TPSA) is 56.6 Å². The third-order valence-corrected chi connectivity index (χ3v) is 4.73. The highest BCUT2D eigenvalue weighted by atomic mass is 16.1. The van der Waals surface area contributed by atoms with E-state index in [-0.39, 0.29) is 11.1 Å². The summed E-state index contributed by atoms with van der Waals surface area (Å²) in [6.07, 6.45) is 1.92. The van der Waals surface area contributed by atoms with Crippen LogP contribution in [0.15, 0.2) is 102 Å². The van der Waals surface area contributed by atoms with Crippen LogP contribution in [0.1, 0.15) is 22.3 Å². The molecule has 0 unspecified atom stereocenters. The van der Waals surface area contributed by atoms with Crippen molar-refractivity contribution in [1.29, 1.82) is 5.26 Å². The van der Waals surface area contributed by atoms with Crippen molar-refractivity contribution in [3.05, 3.63) is 130 Å². The standard InChI is InChI=1S/C26H18N2O/c27-18-24-22(17-25(28-26(24)29)21-14-8-3-9-15-21)16-23(19-10-4-1-5-11-19)20-12-6-2-7-13-20/h1-17H,(H,28,29). The maximum absolute atomic E-state index is 12.6. The minimum absolute atomic E-state index is 0.106. The molecule has 1 N–H and O–H groups in total. The molecule has 29 heavy (non-hydrogen) atoms. The highest BCUT2D eigenvalue weighted by Crippen LogP contribution is 2.27. The zero-order chi connectivity index (χ0) is 20.1. The Morgan fingerprint density at radius 2 is 1.31 bits per heavy atom. The van der Waals surface area contributed by atoms with Gasteiger partial charge < -0.3 is 4.98 Å². The molecule has 4 rings (SSSR count). The fourth-order valence-electron chi connectivity index (χ4n) is 3.31. The number of nitrogens with one attached hydrogen (secondary N) is 1. The summed E-state index contributed by atoms with van der Waals surface area (Å²) in [4.78, 5) is 15.4. The molecule has 1 aromatic heterocycles. The molecule has 0 bridgehead atoms. The van der Waals surface area contributed by atoms with Crippen molar-refractivity contribution in [2.45, 2.75) is 0 Å². The first-order valence-electron chi connectivity index (χ1n) is 9.31. The smallest absolute Gasteiger partial charge is 0.266 e. The first-order chi connectivity index (χ1) is 14.3. The second-order valence-electron chi connectivity index (χ2n) is 6.61. The minimum atomic E-state index is -0.388. The van der Waals surface area contributed by atoms with Crippen LogP contribution in [0.5, 0.6) is 0 Å². The van der Waals surface area contributed by atoms with E-state index in [2.05, 4.69) is 11.1 Å². The second kappa shape index (κ2) is 8.24. The van der Waals surface area contributed by atoms with Gasteiger partial charge in [-0.05, 0) is 34.4 Å². The van der Waals surface area contributed by atoms with Crippen molar-refractivity contribution in [1.82, 2.24) is 4.98 Å². The molecule has 3 nitrogen and oxygen atoms in total. The van der Waals surface area contributed by atoms with E-state index >= 15 is 0 Å². The SMILES string of the molecule is N#Cc1c(C=C(c2ccccc2)c2ccccc2)cc(-c2ccccc2)[nH]c1=O.